The topological polar surface area (TPSA) is 59.5 Å². The first-order valence-corrected chi connectivity index (χ1v) is 3.05. The summed E-state index contributed by atoms with van der Waals surface area (Å²) in [5, 5.41) is 8.23. The van der Waals surface area contributed by atoms with E-state index in [9.17, 15) is 0 Å². The van der Waals surface area contributed by atoms with Gasteiger partial charge in [0, 0.05) is 0 Å². The average Bonchev–Trinajstić information content (AvgIpc) is 1.63. The number of likely N-dealkylation sites (N-methyl/N-ethyl adjacent to an activating group) is 1. The van der Waals surface area contributed by atoms with E-state index in [2.05, 4.69) is 21.1 Å². The van der Waals surface area contributed by atoms with E-state index in [4.69, 9.17) is 9.84 Å². The summed E-state index contributed by atoms with van der Waals surface area (Å²) in [6, 6.07) is 0. The molecule has 0 aromatic heterocycles. The quantitative estimate of drug-likeness (QED) is 0.334. The van der Waals surface area contributed by atoms with Crippen LogP contribution in [0.15, 0.2) is 0 Å². The van der Waals surface area contributed by atoms with E-state index in [1.54, 1.807) is 0 Å². The van der Waals surface area contributed by atoms with Gasteiger partial charge in [-0.1, -0.05) is 0 Å². The third-order valence-electron chi connectivity index (χ3n) is 0.998. The maximum atomic E-state index is 8.23. The zero-order chi connectivity index (χ0) is 7.33. The summed E-state index contributed by atoms with van der Waals surface area (Å²) in [7, 11) is 6.25. The smallest absolute Gasteiger partial charge is 0.143 e. The van der Waals surface area contributed by atoms with Crippen molar-refractivity contribution in [2.75, 3.05) is 41.1 Å². The molecule has 64 valence electrons. The predicted octanol–water partition coefficient (Wildman–Crippen LogP) is -0.518. The van der Waals surface area contributed by atoms with Crippen LogP contribution in [0.5, 0.6) is 0 Å². The van der Waals surface area contributed by atoms with Gasteiger partial charge in [-0.2, -0.15) is 0 Å². The second-order valence-corrected chi connectivity index (χ2v) is 3.05. The maximum Gasteiger partial charge on any atom is 0.143 e. The van der Waals surface area contributed by atoms with E-state index in [-0.39, 0.29) is 12.3 Å². The fraction of sp³-hybridized carbons (Fsp3) is 1.00. The summed E-state index contributed by atoms with van der Waals surface area (Å²) >= 11 is 0. The minimum Gasteiger partial charge on any atom is -0.870 e. The Morgan fingerprint density at radius 1 is 1.30 bits per heavy atom. The summed E-state index contributed by atoms with van der Waals surface area (Å²) in [4.78, 5) is 0. The lowest BCUT2D eigenvalue weighted by Crippen LogP contribution is -2.37. The van der Waals surface area contributed by atoms with Gasteiger partial charge >= 0.3 is 0 Å². The summed E-state index contributed by atoms with van der Waals surface area (Å²) in [5.74, 6) is 0. The highest BCUT2D eigenvalue weighted by Crippen LogP contribution is 1.87. The van der Waals surface area contributed by atoms with Crippen molar-refractivity contribution >= 4 is 0 Å². The third-order valence-corrected chi connectivity index (χ3v) is 0.998. The first kappa shape index (κ1) is 12.5. The molecule has 0 aliphatic carbocycles. The molecule has 0 aromatic rings. The molecule has 0 radical (unpaired) electrons. The minimum absolute atomic E-state index is 0. The van der Waals surface area contributed by atoms with Crippen LogP contribution in [0.1, 0.15) is 0 Å². The fourth-order valence-electron chi connectivity index (χ4n) is 0.403. The Kier molecular flexibility index (Phi) is 7.02. The molecule has 0 atom stereocenters. The summed E-state index contributed by atoms with van der Waals surface area (Å²) in [5.41, 5.74) is 0. The summed E-state index contributed by atoms with van der Waals surface area (Å²) in [6.07, 6.45) is 0. The van der Waals surface area contributed by atoms with Crippen LogP contribution in [0.2, 0.25) is 0 Å². The van der Waals surface area contributed by atoms with Crippen molar-refractivity contribution < 1.29 is 19.8 Å². The Balaban J connectivity index is 0. The van der Waals surface area contributed by atoms with E-state index in [1.807, 2.05) is 0 Å². The number of rotatable bonds is 4. The van der Waals surface area contributed by atoms with Crippen LogP contribution in [0, 0.1) is 0 Å². The van der Waals surface area contributed by atoms with Gasteiger partial charge in [0.15, 0.2) is 0 Å². The Morgan fingerprint density at radius 3 is 2.10 bits per heavy atom. The molecule has 0 rings (SSSR count). The van der Waals surface area contributed by atoms with Gasteiger partial charge in [-0.25, -0.2) is 0 Å². The molecule has 0 fully saturated rings. The van der Waals surface area contributed by atoms with Crippen LogP contribution < -0.4 is 0 Å². The molecular formula is C6H17NO3. The van der Waals surface area contributed by atoms with Crippen LogP contribution >= 0.6 is 0 Å². The van der Waals surface area contributed by atoms with Crippen molar-refractivity contribution in [3.05, 3.63) is 0 Å². The lowest BCUT2D eigenvalue weighted by atomic mass is 10.5. The van der Waals surface area contributed by atoms with E-state index >= 15 is 0 Å². The van der Waals surface area contributed by atoms with Crippen molar-refractivity contribution in [3.63, 3.8) is 0 Å². The van der Waals surface area contributed by atoms with Crippen LogP contribution in [-0.4, -0.2) is 56.2 Å². The largest absolute Gasteiger partial charge is 0.870 e. The number of hydrogen-bond acceptors (Lipinski definition) is 3. The van der Waals surface area contributed by atoms with Crippen LogP contribution in [0.25, 0.3) is 0 Å². The van der Waals surface area contributed by atoms with Gasteiger partial charge in [-0.15, -0.1) is 0 Å². The third kappa shape index (κ3) is 10.8. The Hall–Kier alpha value is -0.160. The van der Waals surface area contributed by atoms with Crippen molar-refractivity contribution in [1.29, 1.82) is 0 Å². The van der Waals surface area contributed by atoms with Gasteiger partial charge < -0.3 is 19.8 Å². The zero-order valence-corrected chi connectivity index (χ0v) is 6.87. The molecule has 0 saturated heterocycles. The predicted molar refractivity (Wildman–Crippen MR) is 37.9 cm³/mol. The maximum absolute atomic E-state index is 8.23. The molecule has 0 spiro atoms. The SMILES string of the molecule is C[N+](C)(C)CCOCO.[OH-]. The highest BCUT2D eigenvalue weighted by atomic mass is 16.6. The lowest BCUT2D eigenvalue weighted by Gasteiger charge is -2.23. The number of aliphatic hydroxyl groups is 1. The second-order valence-electron chi connectivity index (χ2n) is 3.05. The van der Waals surface area contributed by atoms with Gasteiger partial charge in [0.1, 0.15) is 13.3 Å². The molecule has 2 N–H and O–H groups in total. The second kappa shape index (κ2) is 5.61. The monoisotopic (exact) mass is 151 g/mol. The van der Waals surface area contributed by atoms with Gasteiger partial charge in [-0.3, -0.25) is 0 Å². The van der Waals surface area contributed by atoms with Gasteiger partial charge in [0.25, 0.3) is 0 Å². The first-order chi connectivity index (χ1) is 4.06. The Bertz CT molecular complexity index is 69.9. The standard InChI is InChI=1S/C6H16NO2.H2O/c1-7(2,3)4-5-9-6-8;/h8H,4-6H2,1-3H3;1H2/q+1;/p-1. The van der Waals surface area contributed by atoms with Crippen molar-refractivity contribution in [2.24, 2.45) is 0 Å². The average molecular weight is 151 g/mol. The number of nitrogens with zero attached hydrogens (tertiary/aromatic N) is 1. The van der Waals surface area contributed by atoms with E-state index in [0.29, 0.717) is 6.61 Å². The Labute approximate surface area is 61.9 Å². The Morgan fingerprint density at radius 2 is 1.80 bits per heavy atom. The van der Waals surface area contributed by atoms with Gasteiger partial charge in [-0.05, 0) is 0 Å². The number of aliphatic hydroxyl groups excluding tert-OH is 1. The lowest BCUT2D eigenvalue weighted by molar-refractivity contribution is -0.870. The normalized spacial score (nSPS) is 10.8. The summed E-state index contributed by atoms with van der Waals surface area (Å²) < 4.78 is 5.62. The molecule has 0 amide bonds. The minimum atomic E-state index is -0.167. The highest BCUT2D eigenvalue weighted by Gasteiger charge is 2.04. The van der Waals surface area contributed by atoms with Crippen LogP contribution in [-0.2, 0) is 4.74 Å². The van der Waals surface area contributed by atoms with E-state index < -0.39 is 0 Å². The number of hydrogen-bond donors (Lipinski definition) is 1. The van der Waals surface area contributed by atoms with Crippen molar-refractivity contribution in [1.82, 2.24) is 0 Å². The molecular weight excluding hydrogens is 134 g/mol. The molecule has 0 bridgehead atoms. The summed E-state index contributed by atoms with van der Waals surface area (Å²) in [6.45, 7) is 1.39. The molecule has 0 saturated carbocycles. The van der Waals surface area contributed by atoms with Crippen LogP contribution in [0.3, 0.4) is 0 Å². The van der Waals surface area contributed by atoms with Crippen molar-refractivity contribution in [2.45, 2.75) is 0 Å². The molecule has 10 heavy (non-hydrogen) atoms. The van der Waals surface area contributed by atoms with E-state index in [0.717, 1.165) is 11.0 Å². The van der Waals surface area contributed by atoms with Gasteiger partial charge in [0.05, 0.1) is 27.7 Å². The number of quaternary nitrogens is 1. The fourth-order valence-corrected chi connectivity index (χ4v) is 0.403. The molecule has 0 aromatic carbocycles. The van der Waals surface area contributed by atoms with Crippen molar-refractivity contribution in [3.8, 4) is 0 Å². The number of ether oxygens (including phenoxy) is 1. The molecule has 4 heteroatoms. The van der Waals surface area contributed by atoms with Crippen LogP contribution in [0.4, 0.5) is 0 Å². The van der Waals surface area contributed by atoms with Gasteiger partial charge in [0.2, 0.25) is 0 Å². The molecule has 0 heterocycles. The molecule has 0 aliphatic rings. The highest BCUT2D eigenvalue weighted by molar-refractivity contribution is 4.23. The molecule has 0 aliphatic heterocycles. The zero-order valence-electron chi connectivity index (χ0n) is 6.87. The molecule has 4 nitrogen and oxygen atoms in total. The van der Waals surface area contributed by atoms with E-state index in [1.165, 1.54) is 0 Å². The molecule has 0 unspecified atom stereocenters. The first-order valence-electron chi connectivity index (χ1n) is 3.05.